The van der Waals surface area contributed by atoms with Crippen LogP contribution in [0.15, 0.2) is 29.0 Å². The van der Waals surface area contributed by atoms with Gasteiger partial charge in [-0.2, -0.15) is 0 Å². The second-order valence-corrected chi connectivity index (χ2v) is 4.45. The number of halogens is 1. The van der Waals surface area contributed by atoms with Crippen LogP contribution in [0.1, 0.15) is 0 Å². The molecule has 2 rings (SSSR count). The third-order valence-electron chi connectivity index (χ3n) is 1.41. The van der Waals surface area contributed by atoms with Gasteiger partial charge in [-0.05, 0) is 22.6 Å². The van der Waals surface area contributed by atoms with Crippen LogP contribution < -0.4 is 0 Å². The predicted octanol–water partition coefficient (Wildman–Crippen LogP) is 3.81. The van der Waals surface area contributed by atoms with Crippen LogP contribution in [0.25, 0.3) is 10.6 Å². The number of aromatic nitrogens is 1. The van der Waals surface area contributed by atoms with E-state index in [0.29, 0.717) is 0 Å². The van der Waals surface area contributed by atoms with Gasteiger partial charge in [0.05, 0.1) is 0 Å². The Hall–Kier alpha value is -0.510. The minimum atomic E-state index is 0.757. The fraction of sp³-hybridized carbons (Fsp3) is 0. The maximum Gasteiger partial charge on any atom is 0.268 e. The molecule has 0 unspecified atom stereocenters. The van der Waals surface area contributed by atoms with Crippen LogP contribution >= 0.6 is 34.5 Å². The molecule has 1 nitrogen and oxygen atoms in total. The summed E-state index contributed by atoms with van der Waals surface area (Å²) in [7, 11) is 0. The van der Waals surface area contributed by atoms with E-state index in [4.69, 9.17) is 11.6 Å². The molecule has 2 aromatic rings. The molecule has 1 aromatic carbocycles. The van der Waals surface area contributed by atoms with E-state index in [1.165, 1.54) is 11.5 Å². The average Bonchev–Trinajstić information content (AvgIpc) is 2.56. The summed E-state index contributed by atoms with van der Waals surface area (Å²) in [5.41, 5.74) is 1.09. The first-order chi connectivity index (χ1) is 5.86. The van der Waals surface area contributed by atoms with Crippen LogP contribution in [-0.2, 0) is 0 Å². The fourth-order valence-electron chi connectivity index (χ4n) is 0.900. The van der Waals surface area contributed by atoms with Crippen molar-refractivity contribution in [1.82, 2.24) is 4.37 Å². The van der Waals surface area contributed by atoms with E-state index in [1.807, 2.05) is 29.0 Å². The standard InChI is InChI=1S/C8H5ClNS2/c9-7-3-1-2-6(4-7)8-10-12-5-11-8/h1-5H/q+1. The minimum Gasteiger partial charge on any atom is -0.0843 e. The van der Waals surface area contributed by atoms with Crippen molar-refractivity contribution in [3.8, 4) is 10.6 Å². The molecule has 60 valence electrons. The van der Waals surface area contributed by atoms with Gasteiger partial charge in [-0.1, -0.05) is 17.7 Å². The van der Waals surface area contributed by atoms with E-state index >= 15 is 0 Å². The summed E-state index contributed by atoms with van der Waals surface area (Å²) in [6.45, 7) is 0. The van der Waals surface area contributed by atoms with Gasteiger partial charge < -0.3 is 0 Å². The number of hydrogen-bond acceptors (Lipinski definition) is 2. The first-order valence-electron chi connectivity index (χ1n) is 3.34. The monoisotopic (exact) mass is 214 g/mol. The van der Waals surface area contributed by atoms with E-state index in [-0.39, 0.29) is 0 Å². The molecule has 0 aliphatic heterocycles. The lowest BCUT2D eigenvalue weighted by Gasteiger charge is -1.90. The highest BCUT2D eigenvalue weighted by atomic mass is 35.5. The zero-order valence-corrected chi connectivity index (χ0v) is 8.42. The molecule has 4 heteroatoms. The predicted molar refractivity (Wildman–Crippen MR) is 54.8 cm³/mol. The lowest BCUT2D eigenvalue weighted by molar-refractivity contribution is 1.57. The lowest BCUT2D eigenvalue weighted by Crippen LogP contribution is -1.72. The van der Waals surface area contributed by atoms with Gasteiger partial charge >= 0.3 is 0 Å². The minimum absolute atomic E-state index is 0.757. The maximum absolute atomic E-state index is 5.84. The Labute approximate surface area is 83.4 Å². The topological polar surface area (TPSA) is 12.9 Å². The number of nitrogens with zero attached hydrogens (tertiary/aromatic N) is 1. The molecule has 12 heavy (non-hydrogen) atoms. The van der Waals surface area contributed by atoms with Crippen LogP contribution in [-0.4, -0.2) is 4.37 Å². The summed E-state index contributed by atoms with van der Waals surface area (Å²) in [5, 5.41) is 1.79. The van der Waals surface area contributed by atoms with Crippen molar-refractivity contribution in [2.75, 3.05) is 0 Å². The van der Waals surface area contributed by atoms with Crippen molar-refractivity contribution in [2.45, 2.75) is 0 Å². The molecule has 0 fully saturated rings. The quantitative estimate of drug-likeness (QED) is 0.658. The second-order valence-electron chi connectivity index (χ2n) is 2.23. The third-order valence-corrected chi connectivity index (χ3v) is 3.33. The normalized spacial score (nSPS) is 10.1. The number of rotatable bonds is 1. The summed E-state index contributed by atoms with van der Waals surface area (Å²) in [6, 6.07) is 7.73. The zero-order chi connectivity index (χ0) is 8.39. The lowest BCUT2D eigenvalue weighted by atomic mass is 10.2. The summed E-state index contributed by atoms with van der Waals surface area (Å²) in [4.78, 5) is 0. The Kier molecular flexibility index (Phi) is 2.35. The van der Waals surface area contributed by atoms with Crippen molar-refractivity contribution < 1.29 is 0 Å². The molecule has 0 aliphatic rings. The highest BCUT2D eigenvalue weighted by molar-refractivity contribution is 7.26. The molecule has 0 aliphatic carbocycles. The van der Waals surface area contributed by atoms with E-state index in [2.05, 4.69) is 4.37 Å². The van der Waals surface area contributed by atoms with Crippen LogP contribution in [0.2, 0.25) is 5.02 Å². The van der Waals surface area contributed by atoms with Gasteiger partial charge in [0.2, 0.25) is 11.5 Å². The Balaban J connectivity index is 2.48. The van der Waals surface area contributed by atoms with Crippen LogP contribution in [0.3, 0.4) is 0 Å². The number of benzene rings is 1. The van der Waals surface area contributed by atoms with Crippen molar-refractivity contribution in [3.05, 3.63) is 34.0 Å². The molecule has 0 radical (unpaired) electrons. The van der Waals surface area contributed by atoms with Gasteiger partial charge in [-0.3, -0.25) is 0 Å². The van der Waals surface area contributed by atoms with Crippen molar-refractivity contribution in [2.24, 2.45) is 0 Å². The van der Waals surface area contributed by atoms with Gasteiger partial charge in [0, 0.05) is 10.6 Å². The Morgan fingerprint density at radius 3 is 3.00 bits per heavy atom. The van der Waals surface area contributed by atoms with Gasteiger partial charge in [0.1, 0.15) is 11.3 Å². The first kappa shape index (κ1) is 8.10. The zero-order valence-electron chi connectivity index (χ0n) is 6.03. The van der Waals surface area contributed by atoms with E-state index in [1.54, 1.807) is 11.3 Å². The Bertz CT molecular complexity index is 372. The molecule has 0 saturated carbocycles. The van der Waals surface area contributed by atoms with Gasteiger partial charge in [-0.25, -0.2) is 0 Å². The SMILES string of the molecule is Clc1cccc(-c2nsc[s+]2)c1. The Morgan fingerprint density at radius 2 is 2.33 bits per heavy atom. The Morgan fingerprint density at radius 1 is 1.42 bits per heavy atom. The highest BCUT2D eigenvalue weighted by Gasteiger charge is 2.08. The third kappa shape index (κ3) is 1.63. The molecule has 0 spiro atoms. The maximum atomic E-state index is 5.84. The summed E-state index contributed by atoms with van der Waals surface area (Å²) >= 11 is 8.94. The molecule has 0 bridgehead atoms. The summed E-state index contributed by atoms with van der Waals surface area (Å²) in [5.74, 6) is 0. The van der Waals surface area contributed by atoms with Crippen molar-refractivity contribution >= 4 is 34.5 Å². The van der Waals surface area contributed by atoms with Gasteiger partial charge in [-0.15, -0.1) is 0 Å². The molecule has 0 saturated heterocycles. The van der Waals surface area contributed by atoms with Crippen molar-refractivity contribution in [3.63, 3.8) is 0 Å². The van der Waals surface area contributed by atoms with Crippen LogP contribution in [0, 0.1) is 0 Å². The van der Waals surface area contributed by atoms with E-state index in [0.717, 1.165) is 15.6 Å². The first-order valence-corrected chi connectivity index (χ1v) is 5.44. The fourth-order valence-corrected chi connectivity index (χ4v) is 2.56. The van der Waals surface area contributed by atoms with Crippen molar-refractivity contribution in [1.29, 1.82) is 0 Å². The van der Waals surface area contributed by atoms with E-state index < -0.39 is 0 Å². The molecule has 1 aromatic heterocycles. The van der Waals surface area contributed by atoms with E-state index in [9.17, 15) is 0 Å². The van der Waals surface area contributed by atoms with Gasteiger partial charge in [0.25, 0.3) is 9.70 Å². The molecule has 0 N–H and O–H groups in total. The summed E-state index contributed by atoms with van der Waals surface area (Å²) in [6.07, 6.45) is 0. The molecule has 0 amide bonds. The number of hydrogen-bond donors (Lipinski definition) is 0. The largest absolute Gasteiger partial charge is 0.268 e. The smallest absolute Gasteiger partial charge is 0.0843 e. The van der Waals surface area contributed by atoms with Crippen LogP contribution in [0.4, 0.5) is 0 Å². The highest BCUT2D eigenvalue weighted by Crippen LogP contribution is 2.25. The van der Waals surface area contributed by atoms with Gasteiger partial charge in [0.15, 0.2) is 0 Å². The average molecular weight is 215 g/mol. The van der Waals surface area contributed by atoms with Crippen LogP contribution in [0.5, 0.6) is 0 Å². The molecule has 1 heterocycles. The molecular formula is C8H5ClNS2+. The molecule has 0 atom stereocenters. The molecular weight excluding hydrogens is 210 g/mol. The second kappa shape index (κ2) is 3.47. The summed E-state index contributed by atoms with van der Waals surface area (Å²) < 4.78 is 6.23.